The van der Waals surface area contributed by atoms with Crippen LogP contribution >= 0.6 is 0 Å². The van der Waals surface area contributed by atoms with Gasteiger partial charge in [0.25, 0.3) is 0 Å². The molecule has 2 nitrogen and oxygen atoms in total. The maximum Gasteiger partial charge on any atom is 0.0369 e. The van der Waals surface area contributed by atoms with Gasteiger partial charge in [-0.2, -0.15) is 0 Å². The van der Waals surface area contributed by atoms with E-state index in [1.54, 1.807) is 0 Å². The van der Waals surface area contributed by atoms with Crippen molar-refractivity contribution in [1.29, 1.82) is 0 Å². The average molecular weight is 248 g/mol. The molecular weight excluding hydrogens is 220 g/mol. The molecule has 0 aliphatic heterocycles. The van der Waals surface area contributed by atoms with E-state index < -0.39 is 0 Å². The van der Waals surface area contributed by atoms with Gasteiger partial charge in [-0.15, -0.1) is 0 Å². The third-order valence-electron chi connectivity index (χ3n) is 3.20. The van der Waals surface area contributed by atoms with E-state index in [9.17, 15) is 0 Å². The van der Waals surface area contributed by atoms with Crippen LogP contribution in [0.4, 0.5) is 5.69 Å². The van der Waals surface area contributed by atoms with E-state index in [-0.39, 0.29) is 6.04 Å². The lowest BCUT2D eigenvalue weighted by Gasteiger charge is -2.26. The Morgan fingerprint density at radius 2 is 1.89 bits per heavy atom. The minimum absolute atomic E-state index is 0.229. The Morgan fingerprint density at radius 1 is 1.22 bits per heavy atom. The summed E-state index contributed by atoms with van der Waals surface area (Å²) in [7, 11) is 0. The van der Waals surface area contributed by atoms with Crippen LogP contribution in [0.15, 0.2) is 18.2 Å². The smallest absolute Gasteiger partial charge is 0.0369 e. The molecule has 0 saturated heterocycles. The minimum Gasteiger partial charge on any atom is -0.372 e. The van der Waals surface area contributed by atoms with Gasteiger partial charge in [-0.05, 0) is 56.4 Å². The number of hydrogen-bond acceptors (Lipinski definition) is 2. The summed E-state index contributed by atoms with van der Waals surface area (Å²) in [4.78, 5) is 2.44. The fourth-order valence-corrected chi connectivity index (χ4v) is 2.31. The van der Waals surface area contributed by atoms with Crippen molar-refractivity contribution in [2.24, 2.45) is 11.7 Å². The molecule has 1 rings (SSSR count). The van der Waals surface area contributed by atoms with Gasteiger partial charge >= 0.3 is 0 Å². The molecule has 0 bridgehead atoms. The molecule has 0 amide bonds. The molecule has 1 atom stereocenters. The molecule has 0 saturated carbocycles. The summed E-state index contributed by atoms with van der Waals surface area (Å²) in [5.74, 6) is 0.689. The molecule has 2 N–H and O–H groups in total. The first kappa shape index (κ1) is 15.0. The predicted molar refractivity (Wildman–Crippen MR) is 81.3 cm³/mol. The van der Waals surface area contributed by atoms with Crippen molar-refractivity contribution < 1.29 is 0 Å². The fraction of sp³-hybridized carbons (Fsp3) is 0.625. The van der Waals surface area contributed by atoms with Crippen LogP contribution in [0.5, 0.6) is 0 Å². The maximum atomic E-state index is 5.87. The van der Waals surface area contributed by atoms with Crippen molar-refractivity contribution in [3.63, 3.8) is 0 Å². The van der Waals surface area contributed by atoms with Gasteiger partial charge in [-0.25, -0.2) is 0 Å². The zero-order valence-corrected chi connectivity index (χ0v) is 12.5. The van der Waals surface area contributed by atoms with Crippen molar-refractivity contribution in [1.82, 2.24) is 0 Å². The molecule has 1 unspecified atom stereocenters. The summed E-state index contributed by atoms with van der Waals surface area (Å²) in [6.45, 7) is 13.2. The second-order valence-electron chi connectivity index (χ2n) is 5.72. The number of nitrogens with two attached hydrogens (primary N) is 1. The van der Waals surface area contributed by atoms with Gasteiger partial charge in [0.05, 0.1) is 0 Å². The minimum atomic E-state index is 0.229. The lowest BCUT2D eigenvalue weighted by molar-refractivity contribution is 0.618. The van der Waals surface area contributed by atoms with Crippen molar-refractivity contribution >= 4 is 5.69 Å². The topological polar surface area (TPSA) is 29.3 Å². The quantitative estimate of drug-likeness (QED) is 0.836. The molecule has 0 fully saturated rings. The summed E-state index contributed by atoms with van der Waals surface area (Å²) in [6.07, 6.45) is 0.961. The van der Waals surface area contributed by atoms with Crippen molar-refractivity contribution in [3.8, 4) is 0 Å². The Bertz CT molecular complexity index is 369. The van der Waals surface area contributed by atoms with Gasteiger partial charge in [0.15, 0.2) is 0 Å². The highest BCUT2D eigenvalue weighted by Crippen LogP contribution is 2.21. The van der Waals surface area contributed by atoms with Gasteiger partial charge in [0, 0.05) is 24.8 Å². The van der Waals surface area contributed by atoms with Crippen LogP contribution in [0, 0.1) is 12.8 Å². The summed E-state index contributed by atoms with van der Waals surface area (Å²) >= 11 is 0. The Balaban J connectivity index is 2.87. The average Bonchev–Trinajstić information content (AvgIpc) is 2.28. The number of anilines is 1. The Labute approximate surface area is 112 Å². The monoisotopic (exact) mass is 248 g/mol. The molecule has 0 heterocycles. The van der Waals surface area contributed by atoms with E-state index in [1.165, 1.54) is 16.8 Å². The van der Waals surface area contributed by atoms with Crippen LogP contribution in [0.1, 0.15) is 38.8 Å². The van der Waals surface area contributed by atoms with E-state index in [0.717, 1.165) is 19.5 Å². The maximum absolute atomic E-state index is 5.87. The first-order valence-corrected chi connectivity index (χ1v) is 7.04. The van der Waals surface area contributed by atoms with E-state index in [2.05, 4.69) is 57.7 Å². The molecule has 0 radical (unpaired) electrons. The first-order chi connectivity index (χ1) is 8.43. The third-order valence-corrected chi connectivity index (χ3v) is 3.20. The predicted octanol–water partition coefficient (Wildman–Crippen LogP) is 3.37. The second kappa shape index (κ2) is 6.79. The number of nitrogens with zero attached hydrogens (tertiary/aromatic N) is 1. The first-order valence-electron chi connectivity index (χ1n) is 7.04. The molecule has 1 aromatic rings. The second-order valence-corrected chi connectivity index (χ2v) is 5.72. The van der Waals surface area contributed by atoms with Gasteiger partial charge in [-0.1, -0.05) is 19.9 Å². The molecule has 0 aliphatic rings. The van der Waals surface area contributed by atoms with Crippen molar-refractivity contribution in [3.05, 3.63) is 29.3 Å². The third kappa shape index (κ3) is 4.34. The molecule has 102 valence electrons. The molecule has 0 aliphatic carbocycles. The van der Waals surface area contributed by atoms with Gasteiger partial charge in [0.1, 0.15) is 0 Å². The summed E-state index contributed by atoms with van der Waals surface area (Å²) in [6, 6.07) is 6.99. The Hall–Kier alpha value is -1.02. The number of hydrogen-bond donors (Lipinski definition) is 1. The fourth-order valence-electron chi connectivity index (χ4n) is 2.31. The van der Waals surface area contributed by atoms with Gasteiger partial charge in [0.2, 0.25) is 0 Å². The SMILES string of the molecule is CCN(CC(C)C)c1ccc(CC(C)N)c(C)c1. The standard InChI is InChI=1S/C16H28N2/c1-6-18(11-12(2)3)16-8-7-15(10-14(5)17)13(4)9-16/h7-9,12,14H,6,10-11,17H2,1-5H3. The largest absolute Gasteiger partial charge is 0.372 e. The van der Waals surface area contributed by atoms with E-state index >= 15 is 0 Å². The Kier molecular flexibility index (Phi) is 5.67. The van der Waals surface area contributed by atoms with Crippen LogP contribution in [0.2, 0.25) is 0 Å². The zero-order chi connectivity index (χ0) is 13.7. The van der Waals surface area contributed by atoms with Crippen molar-refractivity contribution in [2.75, 3.05) is 18.0 Å². The highest BCUT2D eigenvalue weighted by Gasteiger charge is 2.09. The van der Waals surface area contributed by atoms with Crippen molar-refractivity contribution in [2.45, 2.75) is 47.1 Å². The Morgan fingerprint density at radius 3 is 2.33 bits per heavy atom. The highest BCUT2D eigenvalue weighted by molar-refractivity contribution is 5.51. The molecule has 2 heteroatoms. The van der Waals surface area contributed by atoms with Crippen LogP contribution in [-0.2, 0) is 6.42 Å². The molecule has 0 aromatic heterocycles. The lowest BCUT2D eigenvalue weighted by atomic mass is 10.0. The molecular formula is C16H28N2. The van der Waals surface area contributed by atoms with Gasteiger partial charge < -0.3 is 10.6 Å². The molecule has 0 spiro atoms. The summed E-state index contributed by atoms with van der Waals surface area (Å²) in [5.41, 5.74) is 9.93. The number of aryl methyl sites for hydroxylation is 1. The number of rotatable bonds is 6. The highest BCUT2D eigenvalue weighted by atomic mass is 15.1. The normalized spacial score (nSPS) is 12.8. The van der Waals surface area contributed by atoms with E-state index in [1.807, 2.05) is 0 Å². The van der Waals surface area contributed by atoms with Gasteiger partial charge in [-0.3, -0.25) is 0 Å². The molecule has 1 aromatic carbocycles. The number of benzene rings is 1. The molecule has 18 heavy (non-hydrogen) atoms. The van der Waals surface area contributed by atoms with Crippen LogP contribution in [0.25, 0.3) is 0 Å². The lowest BCUT2D eigenvalue weighted by Crippen LogP contribution is -2.27. The van der Waals surface area contributed by atoms with Crippen LogP contribution in [0.3, 0.4) is 0 Å². The van der Waals surface area contributed by atoms with E-state index in [4.69, 9.17) is 5.73 Å². The van der Waals surface area contributed by atoms with Crippen LogP contribution < -0.4 is 10.6 Å². The van der Waals surface area contributed by atoms with E-state index in [0.29, 0.717) is 5.92 Å². The summed E-state index contributed by atoms with van der Waals surface area (Å²) in [5, 5.41) is 0. The van der Waals surface area contributed by atoms with Crippen LogP contribution in [-0.4, -0.2) is 19.1 Å². The zero-order valence-electron chi connectivity index (χ0n) is 12.5. The summed E-state index contributed by atoms with van der Waals surface area (Å²) < 4.78 is 0.